The molecule has 1 aromatic heterocycles. The quantitative estimate of drug-likeness (QED) is 0.363. The zero-order chi connectivity index (χ0) is 30.2. The van der Waals surface area contributed by atoms with Gasteiger partial charge in [-0.05, 0) is 64.6 Å². The van der Waals surface area contributed by atoms with Crippen LogP contribution < -0.4 is 15.1 Å². The zero-order valence-electron chi connectivity index (χ0n) is 21.8. The fraction of sp³-hybridized carbons (Fsp3) is 0.276. The van der Waals surface area contributed by atoms with Gasteiger partial charge in [0.25, 0.3) is 17.7 Å². The Morgan fingerprint density at radius 1 is 1.17 bits per heavy atom. The van der Waals surface area contributed by atoms with Crippen molar-refractivity contribution < 1.29 is 32.7 Å². The van der Waals surface area contributed by atoms with Crippen molar-refractivity contribution in [3.63, 3.8) is 0 Å². The molecule has 13 heteroatoms. The fourth-order valence-electron chi connectivity index (χ4n) is 5.16. The smallest absolute Gasteiger partial charge is 0.257 e. The van der Waals surface area contributed by atoms with E-state index in [0.29, 0.717) is 9.13 Å². The molecular formula is C29H23F3IN5O4. The average molecular weight is 689 g/mol. The number of carbonyl (C=O) groups is 3. The number of rotatable bonds is 7. The lowest BCUT2D eigenvalue weighted by molar-refractivity contribution is -0.133. The van der Waals surface area contributed by atoms with Crippen LogP contribution in [0.1, 0.15) is 36.4 Å². The summed E-state index contributed by atoms with van der Waals surface area (Å²) in [6.45, 7) is 0. The molecule has 216 valence electrons. The molecule has 2 N–H and O–H groups in total. The Labute approximate surface area is 252 Å². The number of carbonyl (C=O) groups excluding carboxylic acids is 3. The van der Waals surface area contributed by atoms with Crippen LogP contribution in [0.5, 0.6) is 0 Å². The Morgan fingerprint density at radius 3 is 2.57 bits per heavy atom. The summed E-state index contributed by atoms with van der Waals surface area (Å²) in [6.07, 6.45) is -1.83. The van der Waals surface area contributed by atoms with E-state index in [2.05, 4.69) is 10.3 Å². The number of aliphatic hydroxyl groups is 1. The van der Waals surface area contributed by atoms with Crippen molar-refractivity contribution in [2.45, 2.75) is 49.4 Å². The molecule has 5 rings (SSSR count). The van der Waals surface area contributed by atoms with Gasteiger partial charge in [-0.25, -0.2) is 18.2 Å². The SMILES string of the molecule is N#Cc1ccnc(N2C(=O)[C@H](O)C[C@H]2C(=O)N(c2cccc(F)c2)[C@H](C(=O)NC2CC(F)(F)C2)c2ccccc2I)c1. The van der Waals surface area contributed by atoms with Crippen LogP contribution >= 0.6 is 22.6 Å². The summed E-state index contributed by atoms with van der Waals surface area (Å²) >= 11 is 1.97. The van der Waals surface area contributed by atoms with Crippen molar-refractivity contribution in [1.82, 2.24) is 10.3 Å². The number of alkyl halides is 2. The standard InChI is InChI=1S/C29H23F3IN5O4/c30-17-4-3-5-19(11-17)37(25(20-6-1-2-7-21(20)33)26(40)36-18-13-29(31,32)14-18)27(41)22-12-23(39)28(42)38(22)24-10-16(15-34)8-9-35-24/h1-11,18,22-23,25,39H,12-14H2,(H,36,40)/t22-,23+,25-/m0/s1. The molecule has 1 saturated carbocycles. The third kappa shape index (κ3) is 5.82. The summed E-state index contributed by atoms with van der Waals surface area (Å²) in [4.78, 5) is 47.5. The first kappa shape index (κ1) is 29.5. The number of aliphatic hydroxyl groups excluding tert-OH is 1. The molecule has 3 atom stereocenters. The van der Waals surface area contributed by atoms with Gasteiger partial charge in [0, 0.05) is 40.8 Å². The molecule has 1 saturated heterocycles. The number of benzene rings is 2. The summed E-state index contributed by atoms with van der Waals surface area (Å²) < 4.78 is 42.3. The third-order valence-corrected chi connectivity index (χ3v) is 8.14. The molecule has 0 radical (unpaired) electrons. The van der Waals surface area contributed by atoms with E-state index in [1.807, 2.05) is 28.7 Å². The molecule has 42 heavy (non-hydrogen) atoms. The van der Waals surface area contributed by atoms with Crippen LogP contribution in [0.4, 0.5) is 24.7 Å². The maximum absolute atomic E-state index is 14.6. The fourth-order valence-corrected chi connectivity index (χ4v) is 5.85. The largest absolute Gasteiger partial charge is 0.383 e. The minimum absolute atomic E-state index is 0.0359. The Morgan fingerprint density at radius 2 is 1.90 bits per heavy atom. The molecule has 0 spiro atoms. The number of aromatic nitrogens is 1. The van der Waals surface area contributed by atoms with Gasteiger partial charge in [-0.2, -0.15) is 5.26 Å². The Bertz CT molecular complexity index is 1590. The normalized spacial score (nSPS) is 20.4. The number of nitriles is 1. The summed E-state index contributed by atoms with van der Waals surface area (Å²) in [7, 11) is 0. The van der Waals surface area contributed by atoms with Crippen molar-refractivity contribution in [1.29, 1.82) is 5.26 Å². The van der Waals surface area contributed by atoms with Gasteiger partial charge in [0.1, 0.15) is 29.8 Å². The van der Waals surface area contributed by atoms with Crippen molar-refractivity contribution in [3.05, 3.63) is 87.4 Å². The van der Waals surface area contributed by atoms with E-state index in [9.17, 15) is 37.9 Å². The maximum Gasteiger partial charge on any atom is 0.257 e. The number of hydrogen-bond donors (Lipinski definition) is 2. The minimum Gasteiger partial charge on any atom is -0.383 e. The topological polar surface area (TPSA) is 127 Å². The molecule has 2 aliphatic rings. The van der Waals surface area contributed by atoms with Gasteiger partial charge in [-0.15, -0.1) is 0 Å². The number of hydrogen-bond acceptors (Lipinski definition) is 6. The second kappa shape index (κ2) is 11.7. The number of amides is 3. The highest BCUT2D eigenvalue weighted by atomic mass is 127. The van der Waals surface area contributed by atoms with E-state index in [-0.39, 0.29) is 23.5 Å². The number of nitrogens with one attached hydrogen (secondary N) is 1. The first-order valence-corrected chi connectivity index (χ1v) is 14.0. The van der Waals surface area contributed by atoms with Crippen LogP contribution in [0, 0.1) is 20.7 Å². The Kier molecular flexibility index (Phi) is 8.20. The lowest BCUT2D eigenvalue weighted by Gasteiger charge is -2.39. The second-order valence-corrected chi connectivity index (χ2v) is 11.2. The van der Waals surface area contributed by atoms with Gasteiger partial charge in [-0.3, -0.25) is 24.2 Å². The van der Waals surface area contributed by atoms with Crippen LogP contribution in [-0.2, 0) is 14.4 Å². The van der Waals surface area contributed by atoms with Crippen molar-refractivity contribution >= 4 is 51.8 Å². The Hall–Kier alpha value is -4.03. The van der Waals surface area contributed by atoms with Crippen LogP contribution in [0.25, 0.3) is 0 Å². The van der Waals surface area contributed by atoms with E-state index < -0.39 is 66.5 Å². The average Bonchev–Trinajstić information content (AvgIpc) is 3.24. The van der Waals surface area contributed by atoms with Gasteiger partial charge in [0.2, 0.25) is 5.91 Å². The lowest BCUT2D eigenvalue weighted by atomic mass is 9.87. The predicted octanol–water partition coefficient (Wildman–Crippen LogP) is 3.85. The van der Waals surface area contributed by atoms with E-state index in [1.165, 1.54) is 30.5 Å². The minimum atomic E-state index is -2.92. The number of anilines is 2. The monoisotopic (exact) mass is 689 g/mol. The van der Waals surface area contributed by atoms with E-state index in [0.717, 1.165) is 21.9 Å². The van der Waals surface area contributed by atoms with Gasteiger partial charge in [-0.1, -0.05) is 24.3 Å². The predicted molar refractivity (Wildman–Crippen MR) is 153 cm³/mol. The van der Waals surface area contributed by atoms with E-state index >= 15 is 0 Å². The van der Waals surface area contributed by atoms with Gasteiger partial charge in [0.15, 0.2) is 0 Å². The molecule has 0 unspecified atom stereocenters. The third-order valence-electron chi connectivity index (χ3n) is 7.15. The summed E-state index contributed by atoms with van der Waals surface area (Å²) in [5.41, 5.74) is 0.447. The second-order valence-electron chi connectivity index (χ2n) is 10.1. The summed E-state index contributed by atoms with van der Waals surface area (Å²) in [5, 5.41) is 22.5. The first-order valence-electron chi connectivity index (χ1n) is 12.9. The number of pyridine rings is 1. The molecule has 3 amide bonds. The molecule has 1 aliphatic carbocycles. The molecule has 1 aliphatic heterocycles. The molecule has 9 nitrogen and oxygen atoms in total. The van der Waals surface area contributed by atoms with Gasteiger partial charge >= 0.3 is 0 Å². The van der Waals surface area contributed by atoms with Gasteiger partial charge < -0.3 is 10.4 Å². The highest BCUT2D eigenvalue weighted by molar-refractivity contribution is 14.1. The molecule has 2 fully saturated rings. The molecule has 2 heterocycles. The van der Waals surface area contributed by atoms with Crippen LogP contribution in [0.3, 0.4) is 0 Å². The van der Waals surface area contributed by atoms with Crippen molar-refractivity contribution in [2.24, 2.45) is 0 Å². The van der Waals surface area contributed by atoms with Crippen LogP contribution in [0.15, 0.2) is 66.9 Å². The maximum atomic E-state index is 14.6. The van der Waals surface area contributed by atoms with Crippen LogP contribution in [0.2, 0.25) is 0 Å². The zero-order valence-corrected chi connectivity index (χ0v) is 23.9. The van der Waals surface area contributed by atoms with Crippen molar-refractivity contribution in [3.8, 4) is 6.07 Å². The number of halogens is 4. The van der Waals surface area contributed by atoms with E-state index in [1.54, 1.807) is 24.3 Å². The highest BCUT2D eigenvalue weighted by Gasteiger charge is 2.50. The van der Waals surface area contributed by atoms with E-state index in [4.69, 9.17) is 0 Å². The Balaban J connectivity index is 1.63. The summed E-state index contributed by atoms with van der Waals surface area (Å²) in [6, 6.07) is 12.5. The number of nitrogens with zero attached hydrogens (tertiary/aromatic N) is 4. The molecule has 0 bridgehead atoms. The van der Waals surface area contributed by atoms with Crippen molar-refractivity contribution in [2.75, 3.05) is 9.80 Å². The van der Waals surface area contributed by atoms with Gasteiger partial charge in [0.05, 0.1) is 11.6 Å². The first-order chi connectivity index (χ1) is 20.0. The highest BCUT2D eigenvalue weighted by Crippen LogP contribution is 2.39. The molecular weight excluding hydrogens is 666 g/mol. The lowest BCUT2D eigenvalue weighted by Crippen LogP contribution is -2.56. The summed E-state index contributed by atoms with van der Waals surface area (Å²) in [5.74, 6) is -6.18. The van der Waals surface area contributed by atoms with Crippen LogP contribution in [-0.4, -0.2) is 51.9 Å². The molecule has 3 aromatic rings. The molecule has 2 aromatic carbocycles.